The Kier molecular flexibility index (Phi) is 2.76. The molecule has 0 saturated carbocycles. The van der Waals surface area contributed by atoms with Gasteiger partial charge in [0.1, 0.15) is 0 Å². The molecule has 4 aromatic rings. The number of rotatable bonds is 2. The number of amides is 1. The van der Waals surface area contributed by atoms with Gasteiger partial charge in [0.15, 0.2) is 0 Å². The first-order valence-corrected chi connectivity index (χ1v) is 7.15. The van der Waals surface area contributed by atoms with Gasteiger partial charge in [0.25, 0.3) is 5.91 Å². The Morgan fingerprint density at radius 1 is 1.14 bits per heavy atom. The highest BCUT2D eigenvalue weighted by Crippen LogP contribution is 2.23. The molecule has 4 heteroatoms. The van der Waals surface area contributed by atoms with E-state index in [4.69, 9.17) is 0 Å². The number of carbonyl (C=O) groups excluding carboxylic acids is 1. The van der Waals surface area contributed by atoms with Gasteiger partial charge in [0.05, 0.1) is 5.56 Å². The Labute approximate surface area is 127 Å². The third kappa shape index (κ3) is 1.97. The predicted octanol–water partition coefficient (Wildman–Crippen LogP) is 3.91. The summed E-state index contributed by atoms with van der Waals surface area (Å²) >= 11 is 0. The fraction of sp³-hybridized carbons (Fsp3) is 0.0556. The number of nitrogens with zero attached hydrogens (tertiary/aromatic N) is 1. The molecule has 1 amide bonds. The topological polar surface area (TPSA) is 49.8 Å². The number of aromatic nitrogens is 2. The smallest absolute Gasteiger partial charge is 0.257 e. The summed E-state index contributed by atoms with van der Waals surface area (Å²) < 4.78 is 1.97. The van der Waals surface area contributed by atoms with Crippen molar-refractivity contribution in [2.24, 2.45) is 7.05 Å². The van der Waals surface area contributed by atoms with Gasteiger partial charge in [-0.2, -0.15) is 0 Å². The number of carbonyl (C=O) groups is 1. The third-order valence-corrected chi connectivity index (χ3v) is 3.95. The standard InChI is InChI=1S/C18H15N3O/c1-21-11-15(14-4-2-3-5-17(14)21)18(22)20-13-7-6-12-8-9-19-16(12)10-13/h2-11,19H,1H3,(H,20,22). The van der Waals surface area contributed by atoms with Crippen LogP contribution in [0, 0.1) is 0 Å². The summed E-state index contributed by atoms with van der Waals surface area (Å²) in [7, 11) is 1.95. The van der Waals surface area contributed by atoms with E-state index in [1.807, 2.05) is 72.5 Å². The SMILES string of the molecule is Cn1cc(C(=O)Nc2ccc3cc[nH]c3c2)c2ccccc21. The minimum Gasteiger partial charge on any atom is -0.361 e. The van der Waals surface area contributed by atoms with Gasteiger partial charge in [0.2, 0.25) is 0 Å². The second kappa shape index (κ2) is 4.77. The zero-order chi connectivity index (χ0) is 15.1. The van der Waals surface area contributed by atoms with Crippen molar-refractivity contribution in [1.29, 1.82) is 0 Å². The second-order valence-electron chi connectivity index (χ2n) is 5.40. The summed E-state index contributed by atoms with van der Waals surface area (Å²) in [4.78, 5) is 15.7. The molecule has 0 aliphatic carbocycles. The number of hydrogen-bond acceptors (Lipinski definition) is 1. The molecular weight excluding hydrogens is 274 g/mol. The number of anilines is 1. The quantitative estimate of drug-likeness (QED) is 0.577. The number of aromatic amines is 1. The Bertz CT molecular complexity index is 994. The van der Waals surface area contributed by atoms with E-state index < -0.39 is 0 Å². The molecule has 4 rings (SSSR count). The van der Waals surface area contributed by atoms with Crippen LogP contribution in [0.25, 0.3) is 21.8 Å². The van der Waals surface area contributed by atoms with Gasteiger partial charge < -0.3 is 14.9 Å². The van der Waals surface area contributed by atoms with E-state index >= 15 is 0 Å². The number of nitrogens with one attached hydrogen (secondary N) is 2. The molecule has 0 radical (unpaired) electrons. The van der Waals surface area contributed by atoms with Crippen LogP contribution >= 0.6 is 0 Å². The number of hydrogen-bond donors (Lipinski definition) is 2. The number of aryl methyl sites for hydroxylation is 1. The van der Waals surface area contributed by atoms with Crippen molar-refractivity contribution in [3.63, 3.8) is 0 Å². The van der Waals surface area contributed by atoms with Gasteiger partial charge in [-0.15, -0.1) is 0 Å². The first-order valence-electron chi connectivity index (χ1n) is 7.15. The minimum absolute atomic E-state index is 0.0947. The van der Waals surface area contributed by atoms with Gasteiger partial charge in [-0.25, -0.2) is 0 Å². The van der Waals surface area contributed by atoms with E-state index in [0.29, 0.717) is 5.56 Å². The summed E-state index contributed by atoms with van der Waals surface area (Å²) in [6.45, 7) is 0. The normalized spacial score (nSPS) is 11.1. The monoisotopic (exact) mass is 289 g/mol. The average Bonchev–Trinajstić information content (AvgIpc) is 3.12. The van der Waals surface area contributed by atoms with Crippen LogP contribution in [0.1, 0.15) is 10.4 Å². The van der Waals surface area contributed by atoms with E-state index in [1.54, 1.807) is 0 Å². The van der Waals surface area contributed by atoms with Crippen molar-refractivity contribution >= 4 is 33.4 Å². The van der Waals surface area contributed by atoms with Crippen LogP contribution in [0.3, 0.4) is 0 Å². The molecular formula is C18H15N3O. The first kappa shape index (κ1) is 12.7. The van der Waals surface area contributed by atoms with Crippen LogP contribution in [0.2, 0.25) is 0 Å². The molecule has 2 aromatic heterocycles. The predicted molar refractivity (Wildman–Crippen MR) is 89.2 cm³/mol. The van der Waals surface area contributed by atoms with Gasteiger partial charge in [-0.05, 0) is 29.7 Å². The molecule has 0 bridgehead atoms. The van der Waals surface area contributed by atoms with Crippen molar-refractivity contribution in [2.75, 3.05) is 5.32 Å². The summed E-state index contributed by atoms with van der Waals surface area (Å²) in [6.07, 6.45) is 3.76. The molecule has 2 aromatic carbocycles. The molecule has 108 valence electrons. The highest BCUT2D eigenvalue weighted by atomic mass is 16.1. The van der Waals surface area contributed by atoms with Gasteiger partial charge in [-0.1, -0.05) is 24.3 Å². The van der Waals surface area contributed by atoms with Crippen LogP contribution in [0.4, 0.5) is 5.69 Å². The van der Waals surface area contributed by atoms with Crippen molar-refractivity contribution in [3.8, 4) is 0 Å². The molecule has 2 N–H and O–H groups in total. The van der Waals surface area contributed by atoms with E-state index in [0.717, 1.165) is 27.5 Å². The summed E-state index contributed by atoms with van der Waals surface area (Å²) in [5.74, 6) is -0.0947. The molecule has 0 unspecified atom stereocenters. The molecule has 0 fully saturated rings. The number of para-hydroxylation sites is 1. The number of H-pyrrole nitrogens is 1. The molecule has 0 atom stereocenters. The zero-order valence-corrected chi connectivity index (χ0v) is 12.1. The Morgan fingerprint density at radius 2 is 2.00 bits per heavy atom. The molecule has 0 aliphatic rings. The van der Waals surface area contributed by atoms with E-state index in [2.05, 4.69) is 10.3 Å². The Morgan fingerprint density at radius 3 is 2.91 bits per heavy atom. The zero-order valence-electron chi connectivity index (χ0n) is 12.1. The third-order valence-electron chi connectivity index (χ3n) is 3.95. The summed E-state index contributed by atoms with van der Waals surface area (Å²) in [5.41, 5.74) is 3.53. The van der Waals surface area contributed by atoms with Crippen molar-refractivity contribution in [2.45, 2.75) is 0 Å². The number of fused-ring (bicyclic) bond motifs is 2. The van der Waals surface area contributed by atoms with Gasteiger partial charge in [0, 0.05) is 41.5 Å². The molecule has 0 saturated heterocycles. The van der Waals surface area contributed by atoms with Gasteiger partial charge in [-0.3, -0.25) is 4.79 Å². The lowest BCUT2D eigenvalue weighted by atomic mass is 10.1. The molecule has 4 nitrogen and oxygen atoms in total. The van der Waals surface area contributed by atoms with Crippen LogP contribution in [-0.4, -0.2) is 15.5 Å². The largest absolute Gasteiger partial charge is 0.361 e. The maximum atomic E-state index is 12.6. The fourth-order valence-electron chi connectivity index (χ4n) is 2.85. The lowest BCUT2D eigenvalue weighted by Gasteiger charge is -2.04. The van der Waals surface area contributed by atoms with Crippen molar-refractivity contribution < 1.29 is 4.79 Å². The van der Waals surface area contributed by atoms with Crippen molar-refractivity contribution in [1.82, 2.24) is 9.55 Å². The molecule has 0 spiro atoms. The Balaban J connectivity index is 1.71. The van der Waals surface area contributed by atoms with E-state index in [9.17, 15) is 4.79 Å². The van der Waals surface area contributed by atoms with Crippen molar-refractivity contribution in [3.05, 3.63) is 66.5 Å². The van der Waals surface area contributed by atoms with Crippen LogP contribution in [-0.2, 0) is 7.05 Å². The van der Waals surface area contributed by atoms with E-state index in [-0.39, 0.29) is 5.91 Å². The maximum absolute atomic E-state index is 12.6. The fourth-order valence-corrected chi connectivity index (χ4v) is 2.85. The lowest BCUT2D eigenvalue weighted by molar-refractivity contribution is 0.102. The Hall–Kier alpha value is -3.01. The summed E-state index contributed by atoms with van der Waals surface area (Å²) in [5, 5.41) is 5.06. The maximum Gasteiger partial charge on any atom is 0.257 e. The van der Waals surface area contributed by atoms with E-state index in [1.165, 1.54) is 0 Å². The highest BCUT2D eigenvalue weighted by Gasteiger charge is 2.13. The minimum atomic E-state index is -0.0947. The second-order valence-corrected chi connectivity index (χ2v) is 5.40. The molecule has 2 heterocycles. The highest BCUT2D eigenvalue weighted by molar-refractivity contribution is 6.13. The first-order chi connectivity index (χ1) is 10.7. The average molecular weight is 289 g/mol. The number of benzene rings is 2. The van der Waals surface area contributed by atoms with Gasteiger partial charge >= 0.3 is 0 Å². The molecule has 0 aliphatic heterocycles. The van der Waals surface area contributed by atoms with Crippen LogP contribution in [0.5, 0.6) is 0 Å². The molecule has 22 heavy (non-hydrogen) atoms. The lowest BCUT2D eigenvalue weighted by Crippen LogP contribution is -2.11. The summed E-state index contributed by atoms with van der Waals surface area (Å²) in [6, 6.07) is 15.8. The van der Waals surface area contributed by atoms with Crippen LogP contribution < -0.4 is 5.32 Å². The van der Waals surface area contributed by atoms with Crippen LogP contribution in [0.15, 0.2) is 60.9 Å².